The van der Waals surface area contributed by atoms with Crippen molar-refractivity contribution in [2.75, 3.05) is 31.5 Å². The Morgan fingerprint density at radius 2 is 1.81 bits per heavy atom. The van der Waals surface area contributed by atoms with Crippen molar-refractivity contribution in [2.45, 2.75) is 38.1 Å². The Balaban J connectivity index is 1.24. The maximum atomic E-state index is 12.8. The van der Waals surface area contributed by atoms with Gasteiger partial charge in [-0.25, -0.2) is 9.78 Å². The van der Waals surface area contributed by atoms with Crippen LogP contribution >= 0.6 is 0 Å². The van der Waals surface area contributed by atoms with Gasteiger partial charge in [0.25, 0.3) is 0 Å². The highest BCUT2D eigenvalue weighted by atomic mass is 16.2. The third-order valence-electron chi connectivity index (χ3n) is 6.48. The minimum atomic E-state index is -0.0611. The number of aromatic nitrogens is 3. The van der Waals surface area contributed by atoms with Crippen LogP contribution in [-0.2, 0) is 0 Å². The summed E-state index contributed by atoms with van der Waals surface area (Å²) in [6.07, 6.45) is 9.56. The molecule has 0 spiro atoms. The molecule has 2 fully saturated rings. The van der Waals surface area contributed by atoms with E-state index in [1.165, 1.54) is 32.4 Å². The van der Waals surface area contributed by atoms with Gasteiger partial charge in [-0.2, -0.15) is 10.2 Å². The number of urea groups is 1. The van der Waals surface area contributed by atoms with E-state index in [1.807, 2.05) is 35.2 Å². The number of pyridine rings is 1. The molecular weight excluding hydrogens is 388 g/mol. The average molecular weight is 417 g/mol. The lowest BCUT2D eigenvalue weighted by atomic mass is 10.0. The van der Waals surface area contributed by atoms with Crippen molar-refractivity contribution < 1.29 is 4.79 Å². The molecule has 7 heteroatoms. The van der Waals surface area contributed by atoms with Gasteiger partial charge in [0.1, 0.15) is 5.82 Å². The second-order valence-electron chi connectivity index (χ2n) is 8.49. The first kappa shape index (κ1) is 19.9. The maximum absolute atomic E-state index is 12.8. The summed E-state index contributed by atoms with van der Waals surface area (Å²) in [6.45, 7) is 4.04. The molecular formula is C24H28N6O. The van der Waals surface area contributed by atoms with Gasteiger partial charge in [0.2, 0.25) is 0 Å². The van der Waals surface area contributed by atoms with Crippen LogP contribution in [0.15, 0.2) is 48.8 Å². The summed E-state index contributed by atoms with van der Waals surface area (Å²) in [5.74, 6) is 0.576. The third kappa shape index (κ3) is 4.51. The van der Waals surface area contributed by atoms with Crippen LogP contribution in [0.4, 0.5) is 10.6 Å². The van der Waals surface area contributed by atoms with E-state index in [4.69, 9.17) is 0 Å². The molecule has 2 aliphatic heterocycles. The number of likely N-dealkylation sites (tertiary alicyclic amines) is 2. The zero-order valence-corrected chi connectivity index (χ0v) is 17.7. The lowest BCUT2D eigenvalue weighted by Gasteiger charge is -2.40. The van der Waals surface area contributed by atoms with Gasteiger partial charge in [0.15, 0.2) is 0 Å². The zero-order valence-electron chi connectivity index (χ0n) is 17.7. The quantitative estimate of drug-likeness (QED) is 0.694. The molecule has 0 atom stereocenters. The zero-order chi connectivity index (χ0) is 21.0. The number of hydrogen-bond donors (Lipinski definition) is 1. The van der Waals surface area contributed by atoms with Crippen molar-refractivity contribution >= 4 is 22.6 Å². The lowest BCUT2D eigenvalue weighted by Crippen LogP contribution is -2.49. The van der Waals surface area contributed by atoms with Crippen LogP contribution < -0.4 is 5.32 Å². The number of rotatable bonds is 3. The molecule has 160 valence electrons. The van der Waals surface area contributed by atoms with Crippen LogP contribution in [0.5, 0.6) is 0 Å². The molecule has 2 amide bonds. The largest absolute Gasteiger partial charge is 0.324 e. The molecule has 2 aromatic heterocycles. The number of nitrogens with one attached hydrogen (secondary N) is 1. The molecule has 4 heterocycles. The molecule has 31 heavy (non-hydrogen) atoms. The monoisotopic (exact) mass is 416 g/mol. The minimum Gasteiger partial charge on any atom is -0.324 e. The first-order valence-corrected chi connectivity index (χ1v) is 11.2. The van der Waals surface area contributed by atoms with E-state index in [0.29, 0.717) is 11.9 Å². The normalized spacial score (nSPS) is 18.3. The Bertz CT molecular complexity index is 1040. The number of fused-ring (bicyclic) bond motifs is 1. The molecule has 0 radical (unpaired) electrons. The summed E-state index contributed by atoms with van der Waals surface area (Å²) >= 11 is 0. The Labute approximate surface area is 182 Å². The fraction of sp³-hybridized carbons (Fsp3) is 0.417. The van der Waals surface area contributed by atoms with E-state index < -0.39 is 0 Å². The van der Waals surface area contributed by atoms with Gasteiger partial charge < -0.3 is 9.80 Å². The van der Waals surface area contributed by atoms with Gasteiger partial charge in [0, 0.05) is 42.5 Å². The van der Waals surface area contributed by atoms with Crippen LogP contribution in [0.25, 0.3) is 22.0 Å². The van der Waals surface area contributed by atoms with Crippen LogP contribution in [-0.4, -0.2) is 63.2 Å². The number of nitrogens with zero attached hydrogens (tertiary/aromatic N) is 5. The number of carbonyl (C=O) groups excluding carboxylic acids is 1. The molecule has 2 aliphatic rings. The number of hydrogen-bond acceptors (Lipinski definition) is 5. The average Bonchev–Trinajstić information content (AvgIpc) is 2.85. The Hall–Kier alpha value is -3.06. The molecule has 0 saturated carbocycles. The van der Waals surface area contributed by atoms with Crippen molar-refractivity contribution in [3.8, 4) is 11.3 Å². The SMILES string of the molecule is O=C(Nc1cc2cc(-c3cccnn3)ccc2cn1)N1CCC(N2CCCCC2)CC1. The van der Waals surface area contributed by atoms with Crippen molar-refractivity contribution in [1.82, 2.24) is 25.0 Å². The van der Waals surface area contributed by atoms with E-state index in [1.54, 1.807) is 12.4 Å². The molecule has 0 bridgehead atoms. The molecule has 0 unspecified atom stereocenters. The maximum Gasteiger partial charge on any atom is 0.323 e. The summed E-state index contributed by atoms with van der Waals surface area (Å²) < 4.78 is 0. The van der Waals surface area contributed by atoms with E-state index in [-0.39, 0.29) is 6.03 Å². The molecule has 1 N–H and O–H groups in total. The summed E-state index contributed by atoms with van der Waals surface area (Å²) in [5.41, 5.74) is 1.81. The highest BCUT2D eigenvalue weighted by Gasteiger charge is 2.27. The van der Waals surface area contributed by atoms with E-state index in [9.17, 15) is 4.79 Å². The third-order valence-corrected chi connectivity index (χ3v) is 6.48. The molecule has 5 rings (SSSR count). The summed E-state index contributed by atoms with van der Waals surface area (Å²) in [6, 6.07) is 12.4. The van der Waals surface area contributed by atoms with Gasteiger partial charge in [-0.15, -0.1) is 0 Å². The number of benzene rings is 1. The Morgan fingerprint density at radius 3 is 2.58 bits per heavy atom. The van der Waals surface area contributed by atoms with Crippen LogP contribution in [0.3, 0.4) is 0 Å². The molecule has 0 aliphatic carbocycles. The lowest BCUT2D eigenvalue weighted by molar-refractivity contribution is 0.104. The second kappa shape index (κ2) is 8.98. The van der Waals surface area contributed by atoms with E-state index in [2.05, 4.69) is 31.5 Å². The Morgan fingerprint density at radius 1 is 0.968 bits per heavy atom. The molecule has 3 aromatic rings. The van der Waals surface area contributed by atoms with Crippen LogP contribution in [0, 0.1) is 0 Å². The second-order valence-corrected chi connectivity index (χ2v) is 8.49. The van der Waals surface area contributed by atoms with Crippen molar-refractivity contribution in [3.05, 3.63) is 48.8 Å². The van der Waals surface area contributed by atoms with Crippen molar-refractivity contribution in [3.63, 3.8) is 0 Å². The van der Waals surface area contributed by atoms with E-state index in [0.717, 1.165) is 48.0 Å². The van der Waals surface area contributed by atoms with E-state index >= 15 is 0 Å². The van der Waals surface area contributed by atoms with Gasteiger partial charge >= 0.3 is 6.03 Å². The number of anilines is 1. The number of amides is 2. The summed E-state index contributed by atoms with van der Waals surface area (Å²) in [5, 5.41) is 13.2. The van der Waals surface area contributed by atoms with Crippen LogP contribution in [0.1, 0.15) is 32.1 Å². The predicted octanol–water partition coefficient (Wildman–Crippen LogP) is 4.17. The van der Waals surface area contributed by atoms with Gasteiger partial charge in [-0.3, -0.25) is 5.32 Å². The topological polar surface area (TPSA) is 74.2 Å². The fourth-order valence-electron chi connectivity index (χ4n) is 4.73. The van der Waals surface area contributed by atoms with Crippen molar-refractivity contribution in [1.29, 1.82) is 0 Å². The molecule has 1 aromatic carbocycles. The summed E-state index contributed by atoms with van der Waals surface area (Å²) in [7, 11) is 0. The molecule has 2 saturated heterocycles. The van der Waals surface area contributed by atoms with Gasteiger partial charge in [-0.1, -0.05) is 18.6 Å². The predicted molar refractivity (Wildman–Crippen MR) is 122 cm³/mol. The fourth-order valence-corrected chi connectivity index (χ4v) is 4.73. The Kier molecular flexibility index (Phi) is 5.76. The van der Waals surface area contributed by atoms with Gasteiger partial charge in [0.05, 0.1) is 5.69 Å². The van der Waals surface area contributed by atoms with Gasteiger partial charge in [-0.05, 0) is 68.4 Å². The first-order valence-electron chi connectivity index (χ1n) is 11.2. The first-order chi connectivity index (χ1) is 15.3. The highest BCUT2D eigenvalue weighted by Crippen LogP contribution is 2.25. The smallest absolute Gasteiger partial charge is 0.323 e. The minimum absolute atomic E-state index is 0.0611. The van der Waals surface area contributed by atoms with Crippen molar-refractivity contribution in [2.24, 2.45) is 0 Å². The number of carbonyl (C=O) groups is 1. The number of piperidine rings is 2. The standard InChI is InChI=1S/C24H28N6O/c31-24(30-13-8-21(9-14-30)29-11-2-1-3-12-29)27-23-16-20-15-18(6-7-19(20)17-25-23)22-5-4-10-26-28-22/h4-7,10,15-17,21H,1-3,8-9,11-14H2,(H,25,27,31). The summed E-state index contributed by atoms with van der Waals surface area (Å²) in [4.78, 5) is 21.8. The molecule has 7 nitrogen and oxygen atoms in total. The van der Waals surface area contributed by atoms with Crippen LogP contribution in [0.2, 0.25) is 0 Å². The highest BCUT2D eigenvalue weighted by molar-refractivity contribution is 5.93.